The Morgan fingerprint density at radius 1 is 1.27 bits per heavy atom. The Kier molecular flexibility index (Phi) is 4.12. The first kappa shape index (κ1) is 15.9. The van der Waals surface area contributed by atoms with E-state index in [2.05, 4.69) is 0 Å². The standard InChI is InChI=1S/C16H19NO5/c1-16(2,3)22-14(18)9-17-11-6-5-7-13(21-4)10(11)8-12(17)15(19)20/h5-8H,9H2,1-4H3,(H,19,20). The summed E-state index contributed by atoms with van der Waals surface area (Å²) in [6.45, 7) is 5.12. The summed E-state index contributed by atoms with van der Waals surface area (Å²) in [5.41, 5.74) is 0.00849. The maximum absolute atomic E-state index is 12.0. The molecule has 1 heterocycles. The largest absolute Gasteiger partial charge is 0.496 e. The smallest absolute Gasteiger partial charge is 0.352 e. The normalized spacial score (nSPS) is 11.5. The number of aromatic nitrogens is 1. The van der Waals surface area contributed by atoms with Crippen LogP contribution in [0.4, 0.5) is 0 Å². The Morgan fingerprint density at radius 3 is 2.50 bits per heavy atom. The second-order valence-electron chi connectivity index (χ2n) is 5.90. The Labute approximate surface area is 128 Å². The van der Waals surface area contributed by atoms with Crippen LogP contribution in [0.2, 0.25) is 0 Å². The molecule has 0 fully saturated rings. The summed E-state index contributed by atoms with van der Waals surface area (Å²) in [5.74, 6) is -1.04. The molecule has 0 amide bonds. The van der Waals surface area contributed by atoms with E-state index in [1.165, 1.54) is 17.7 Å². The number of aromatic carboxylic acids is 1. The van der Waals surface area contributed by atoms with E-state index >= 15 is 0 Å². The highest BCUT2D eigenvalue weighted by molar-refractivity contribution is 5.97. The quantitative estimate of drug-likeness (QED) is 0.879. The van der Waals surface area contributed by atoms with Crippen molar-refractivity contribution in [1.82, 2.24) is 4.57 Å². The van der Waals surface area contributed by atoms with Crippen LogP contribution in [0.15, 0.2) is 24.3 Å². The van der Waals surface area contributed by atoms with Crippen LogP contribution in [0.1, 0.15) is 31.3 Å². The predicted molar refractivity (Wildman–Crippen MR) is 81.3 cm³/mol. The van der Waals surface area contributed by atoms with Crippen molar-refractivity contribution in [2.24, 2.45) is 0 Å². The van der Waals surface area contributed by atoms with Gasteiger partial charge < -0.3 is 19.1 Å². The van der Waals surface area contributed by atoms with Gasteiger partial charge in [-0.1, -0.05) is 6.07 Å². The number of benzene rings is 1. The number of nitrogens with zero attached hydrogens (tertiary/aromatic N) is 1. The lowest BCUT2D eigenvalue weighted by Crippen LogP contribution is -2.27. The van der Waals surface area contributed by atoms with Crippen molar-refractivity contribution >= 4 is 22.8 Å². The Bertz CT molecular complexity index is 724. The molecule has 0 radical (unpaired) electrons. The Morgan fingerprint density at radius 2 is 1.95 bits per heavy atom. The third-order valence-corrected chi connectivity index (χ3v) is 3.05. The van der Waals surface area contributed by atoms with E-state index in [1.54, 1.807) is 39.0 Å². The van der Waals surface area contributed by atoms with Crippen molar-refractivity contribution in [2.45, 2.75) is 32.9 Å². The predicted octanol–water partition coefficient (Wildman–Crippen LogP) is 2.69. The molecule has 1 N–H and O–H groups in total. The van der Waals surface area contributed by atoms with Crippen LogP contribution in [0.3, 0.4) is 0 Å². The first-order chi connectivity index (χ1) is 10.2. The molecule has 0 bridgehead atoms. The van der Waals surface area contributed by atoms with Crippen LogP contribution in [-0.2, 0) is 16.1 Å². The number of fused-ring (bicyclic) bond motifs is 1. The molecule has 0 saturated carbocycles. The summed E-state index contributed by atoms with van der Waals surface area (Å²) in [6.07, 6.45) is 0. The van der Waals surface area contributed by atoms with E-state index in [0.717, 1.165) is 0 Å². The number of hydrogen-bond acceptors (Lipinski definition) is 4. The molecule has 0 aliphatic rings. The van der Waals surface area contributed by atoms with Crippen LogP contribution in [-0.4, -0.2) is 34.3 Å². The topological polar surface area (TPSA) is 77.8 Å². The number of carboxylic acid groups (broad SMARTS) is 1. The summed E-state index contributed by atoms with van der Waals surface area (Å²) in [4.78, 5) is 23.5. The number of carbonyl (C=O) groups is 2. The van der Waals surface area contributed by atoms with Crippen molar-refractivity contribution in [1.29, 1.82) is 0 Å². The zero-order valence-electron chi connectivity index (χ0n) is 13.0. The second kappa shape index (κ2) is 5.71. The molecule has 0 aliphatic heterocycles. The van der Waals surface area contributed by atoms with Crippen molar-refractivity contribution in [3.8, 4) is 5.75 Å². The summed E-state index contributed by atoms with van der Waals surface area (Å²) >= 11 is 0. The minimum atomic E-state index is -1.11. The molecule has 0 spiro atoms. The van der Waals surface area contributed by atoms with Gasteiger partial charge in [0.2, 0.25) is 0 Å². The molecule has 2 rings (SSSR count). The van der Waals surface area contributed by atoms with Crippen LogP contribution in [0, 0.1) is 0 Å². The van der Waals surface area contributed by atoms with E-state index < -0.39 is 17.5 Å². The van der Waals surface area contributed by atoms with Crippen molar-refractivity contribution in [2.75, 3.05) is 7.11 Å². The first-order valence-corrected chi connectivity index (χ1v) is 6.84. The molecule has 1 aromatic heterocycles. The zero-order valence-corrected chi connectivity index (χ0v) is 13.0. The number of hydrogen-bond donors (Lipinski definition) is 1. The van der Waals surface area contributed by atoms with Crippen LogP contribution < -0.4 is 4.74 Å². The molecule has 0 saturated heterocycles. The van der Waals surface area contributed by atoms with Gasteiger partial charge in [0.1, 0.15) is 23.6 Å². The number of methoxy groups -OCH3 is 1. The number of esters is 1. The molecule has 118 valence electrons. The molecule has 2 aromatic rings. The molecule has 6 nitrogen and oxygen atoms in total. The van der Waals surface area contributed by atoms with Crippen LogP contribution in [0.5, 0.6) is 5.75 Å². The lowest BCUT2D eigenvalue weighted by atomic mass is 10.2. The average molecular weight is 305 g/mol. The van der Waals surface area contributed by atoms with Gasteiger partial charge in [0.05, 0.1) is 12.6 Å². The van der Waals surface area contributed by atoms with Gasteiger partial charge in [-0.05, 0) is 39.0 Å². The summed E-state index contributed by atoms with van der Waals surface area (Å²) in [6, 6.07) is 6.74. The maximum Gasteiger partial charge on any atom is 0.352 e. The van der Waals surface area contributed by atoms with E-state index in [4.69, 9.17) is 9.47 Å². The highest BCUT2D eigenvalue weighted by Crippen LogP contribution is 2.29. The molecule has 0 unspecified atom stereocenters. The summed E-state index contributed by atoms with van der Waals surface area (Å²) < 4.78 is 11.9. The van der Waals surface area contributed by atoms with Gasteiger partial charge in [-0.15, -0.1) is 0 Å². The number of rotatable bonds is 4. The molecule has 0 aliphatic carbocycles. The van der Waals surface area contributed by atoms with Crippen molar-refractivity contribution in [3.05, 3.63) is 30.0 Å². The van der Waals surface area contributed by atoms with Crippen LogP contribution in [0.25, 0.3) is 10.9 Å². The van der Waals surface area contributed by atoms with E-state index in [1.807, 2.05) is 0 Å². The molecular formula is C16H19NO5. The highest BCUT2D eigenvalue weighted by atomic mass is 16.6. The lowest BCUT2D eigenvalue weighted by molar-refractivity contribution is -0.155. The first-order valence-electron chi connectivity index (χ1n) is 6.84. The van der Waals surface area contributed by atoms with Gasteiger partial charge in [-0.3, -0.25) is 4.79 Å². The third kappa shape index (κ3) is 3.21. The average Bonchev–Trinajstić information content (AvgIpc) is 2.75. The second-order valence-corrected chi connectivity index (χ2v) is 5.90. The number of ether oxygens (including phenoxy) is 2. The van der Waals surface area contributed by atoms with Gasteiger partial charge in [0.25, 0.3) is 0 Å². The summed E-state index contributed by atoms with van der Waals surface area (Å²) in [7, 11) is 1.51. The minimum Gasteiger partial charge on any atom is -0.496 e. The SMILES string of the molecule is COc1cccc2c1cc(C(=O)O)n2CC(=O)OC(C)(C)C. The fraction of sp³-hybridized carbons (Fsp3) is 0.375. The minimum absolute atomic E-state index is 0.0189. The molecular weight excluding hydrogens is 286 g/mol. The Balaban J connectivity index is 2.49. The molecule has 1 aromatic carbocycles. The molecule has 0 atom stereocenters. The fourth-order valence-electron chi connectivity index (χ4n) is 2.29. The van der Waals surface area contributed by atoms with Gasteiger partial charge in [-0.2, -0.15) is 0 Å². The van der Waals surface area contributed by atoms with Crippen LogP contribution >= 0.6 is 0 Å². The van der Waals surface area contributed by atoms with Gasteiger partial charge >= 0.3 is 11.9 Å². The van der Waals surface area contributed by atoms with Gasteiger partial charge in [-0.25, -0.2) is 4.79 Å². The lowest BCUT2D eigenvalue weighted by Gasteiger charge is -2.20. The van der Waals surface area contributed by atoms with E-state index in [0.29, 0.717) is 16.7 Å². The van der Waals surface area contributed by atoms with E-state index in [-0.39, 0.29) is 12.2 Å². The monoisotopic (exact) mass is 305 g/mol. The van der Waals surface area contributed by atoms with Crippen molar-refractivity contribution in [3.63, 3.8) is 0 Å². The van der Waals surface area contributed by atoms with Gasteiger partial charge in [0, 0.05) is 5.39 Å². The highest BCUT2D eigenvalue weighted by Gasteiger charge is 2.22. The molecule has 6 heteroatoms. The fourth-order valence-corrected chi connectivity index (χ4v) is 2.29. The zero-order chi connectivity index (χ0) is 16.5. The summed E-state index contributed by atoms with van der Waals surface area (Å²) in [5, 5.41) is 10.0. The number of carboxylic acids is 1. The third-order valence-electron chi connectivity index (χ3n) is 3.05. The molecule has 22 heavy (non-hydrogen) atoms. The Hall–Kier alpha value is -2.50. The number of carbonyl (C=O) groups excluding carboxylic acids is 1. The maximum atomic E-state index is 12.0. The van der Waals surface area contributed by atoms with Crippen molar-refractivity contribution < 1.29 is 24.2 Å². The van der Waals surface area contributed by atoms with E-state index in [9.17, 15) is 14.7 Å². The van der Waals surface area contributed by atoms with Gasteiger partial charge in [0.15, 0.2) is 0 Å².